The topological polar surface area (TPSA) is 48.7 Å². The molecule has 2 heterocycles. The number of piperazine rings is 1. The van der Waals surface area contributed by atoms with Crippen LogP contribution in [0.4, 0.5) is 15.8 Å². The van der Waals surface area contributed by atoms with Crippen molar-refractivity contribution in [2.45, 2.75) is 0 Å². The third-order valence-electron chi connectivity index (χ3n) is 5.08. The van der Waals surface area contributed by atoms with E-state index in [4.69, 9.17) is 0 Å². The number of aromatic carboxylic acids is 1. The lowest BCUT2D eigenvalue weighted by Crippen LogP contribution is -2.46. The Morgan fingerprint density at radius 3 is 2.38 bits per heavy atom. The number of para-hydroxylation sites is 1. The zero-order valence-corrected chi connectivity index (χ0v) is 14.5. The fourth-order valence-electron chi connectivity index (χ4n) is 3.65. The van der Waals surface area contributed by atoms with E-state index in [-0.39, 0.29) is 11.5 Å². The minimum atomic E-state index is -0.927. The van der Waals surface area contributed by atoms with E-state index in [2.05, 4.69) is 9.80 Å². The summed E-state index contributed by atoms with van der Waals surface area (Å²) in [6.45, 7) is 3.07. The molecule has 0 spiro atoms. The molecule has 1 aliphatic heterocycles. The van der Waals surface area contributed by atoms with Crippen LogP contribution < -0.4 is 9.80 Å². The van der Waals surface area contributed by atoms with Gasteiger partial charge in [0, 0.05) is 49.8 Å². The van der Waals surface area contributed by atoms with E-state index in [1.165, 1.54) is 6.07 Å². The Bertz CT molecular complexity index is 974. The average Bonchev–Trinajstić information content (AvgIpc) is 2.99. The van der Waals surface area contributed by atoms with E-state index in [9.17, 15) is 14.3 Å². The molecule has 1 fully saturated rings. The molecule has 0 saturated carbocycles. The lowest BCUT2D eigenvalue weighted by Gasteiger charge is -2.37. The molecule has 1 N–H and O–H groups in total. The zero-order valence-electron chi connectivity index (χ0n) is 14.5. The fourth-order valence-corrected chi connectivity index (χ4v) is 3.65. The maximum absolute atomic E-state index is 14.0. The summed E-state index contributed by atoms with van der Waals surface area (Å²) in [5.74, 6) is -1.11. The number of fused-ring (bicyclic) bond motifs is 1. The van der Waals surface area contributed by atoms with Gasteiger partial charge in [-0.3, -0.25) is 0 Å². The smallest absolute Gasteiger partial charge is 0.352 e. The first-order valence-corrected chi connectivity index (χ1v) is 8.62. The van der Waals surface area contributed by atoms with Gasteiger partial charge >= 0.3 is 5.97 Å². The summed E-state index contributed by atoms with van der Waals surface area (Å²) in [5, 5.41) is 10.2. The largest absolute Gasteiger partial charge is 0.477 e. The van der Waals surface area contributed by atoms with Gasteiger partial charge in [0.2, 0.25) is 0 Å². The van der Waals surface area contributed by atoms with Gasteiger partial charge in [-0.25, -0.2) is 9.18 Å². The summed E-state index contributed by atoms with van der Waals surface area (Å²) in [4.78, 5) is 15.6. The molecule has 1 aliphatic rings. The zero-order chi connectivity index (χ0) is 18.3. The molecule has 5 nitrogen and oxygen atoms in total. The van der Waals surface area contributed by atoms with E-state index < -0.39 is 5.97 Å². The summed E-state index contributed by atoms with van der Waals surface area (Å²) >= 11 is 0. The van der Waals surface area contributed by atoms with E-state index in [0.29, 0.717) is 5.69 Å². The maximum atomic E-state index is 14.0. The van der Waals surface area contributed by atoms with Crippen molar-refractivity contribution in [3.8, 4) is 0 Å². The Labute approximate surface area is 150 Å². The van der Waals surface area contributed by atoms with Gasteiger partial charge in [-0.1, -0.05) is 12.1 Å². The number of halogens is 1. The SMILES string of the molecule is Cn1c(C(=O)O)cc2cc(N3CCN(c4ccccc4F)CC3)ccc21. The number of hydrogen-bond acceptors (Lipinski definition) is 3. The molecule has 26 heavy (non-hydrogen) atoms. The van der Waals surface area contributed by atoms with Gasteiger partial charge in [0.25, 0.3) is 0 Å². The van der Waals surface area contributed by atoms with Crippen molar-refractivity contribution in [2.24, 2.45) is 7.05 Å². The van der Waals surface area contributed by atoms with Crippen LogP contribution >= 0.6 is 0 Å². The van der Waals surface area contributed by atoms with Crippen LogP contribution in [0.2, 0.25) is 0 Å². The number of hydrogen-bond donors (Lipinski definition) is 1. The van der Waals surface area contributed by atoms with Crippen molar-refractivity contribution in [3.63, 3.8) is 0 Å². The standard InChI is InChI=1S/C20H20FN3O2/c1-22-17-7-6-15(12-14(17)13-19(22)20(25)26)23-8-10-24(11-9-23)18-5-3-2-4-16(18)21/h2-7,12-13H,8-11H2,1H3,(H,25,26). The predicted octanol–water partition coefficient (Wildman–Crippen LogP) is 3.34. The van der Waals surface area contributed by atoms with Crippen LogP contribution in [0.15, 0.2) is 48.5 Å². The number of aromatic nitrogens is 1. The lowest BCUT2D eigenvalue weighted by molar-refractivity contribution is 0.0687. The first-order valence-electron chi connectivity index (χ1n) is 8.62. The van der Waals surface area contributed by atoms with Crippen LogP contribution in [0.1, 0.15) is 10.5 Å². The molecule has 0 atom stereocenters. The van der Waals surface area contributed by atoms with Gasteiger partial charge < -0.3 is 19.5 Å². The molecule has 3 aromatic rings. The third-order valence-corrected chi connectivity index (χ3v) is 5.08. The Morgan fingerprint density at radius 2 is 1.69 bits per heavy atom. The second-order valence-electron chi connectivity index (χ2n) is 6.56. The second-order valence-corrected chi connectivity index (χ2v) is 6.56. The van der Waals surface area contributed by atoms with E-state index in [0.717, 1.165) is 42.8 Å². The number of rotatable bonds is 3. The summed E-state index contributed by atoms with van der Waals surface area (Å²) in [5.41, 5.74) is 2.89. The lowest BCUT2D eigenvalue weighted by atomic mass is 10.2. The van der Waals surface area contributed by atoms with Crippen molar-refractivity contribution in [3.05, 3.63) is 60.0 Å². The molecule has 4 rings (SSSR count). The van der Waals surface area contributed by atoms with Crippen molar-refractivity contribution < 1.29 is 14.3 Å². The highest BCUT2D eigenvalue weighted by atomic mass is 19.1. The summed E-state index contributed by atoms with van der Waals surface area (Å²) in [7, 11) is 1.76. The normalized spacial score (nSPS) is 14.8. The van der Waals surface area contributed by atoms with Crippen LogP contribution in [0.5, 0.6) is 0 Å². The molecule has 0 aliphatic carbocycles. The van der Waals surface area contributed by atoms with Crippen LogP contribution in [-0.2, 0) is 7.05 Å². The number of carboxylic acids is 1. The Kier molecular flexibility index (Phi) is 4.03. The molecule has 134 valence electrons. The minimum Gasteiger partial charge on any atom is -0.477 e. The highest BCUT2D eigenvalue weighted by Crippen LogP contribution is 2.27. The molecule has 2 aromatic carbocycles. The number of aryl methyl sites for hydroxylation is 1. The van der Waals surface area contributed by atoms with Gasteiger partial charge in [-0.15, -0.1) is 0 Å². The van der Waals surface area contributed by atoms with Crippen LogP contribution in [0.25, 0.3) is 10.9 Å². The number of anilines is 2. The van der Waals surface area contributed by atoms with Crippen molar-refractivity contribution in [1.29, 1.82) is 0 Å². The van der Waals surface area contributed by atoms with E-state index >= 15 is 0 Å². The molecule has 0 radical (unpaired) electrons. The Hall–Kier alpha value is -3.02. The van der Waals surface area contributed by atoms with Crippen molar-refractivity contribution in [1.82, 2.24) is 4.57 Å². The fraction of sp³-hybridized carbons (Fsp3) is 0.250. The molecule has 1 saturated heterocycles. The van der Waals surface area contributed by atoms with Gasteiger partial charge in [0.15, 0.2) is 0 Å². The Balaban J connectivity index is 1.54. The average molecular weight is 353 g/mol. The maximum Gasteiger partial charge on any atom is 0.352 e. The van der Waals surface area contributed by atoms with Gasteiger partial charge in [0.1, 0.15) is 11.5 Å². The van der Waals surface area contributed by atoms with Gasteiger partial charge in [-0.2, -0.15) is 0 Å². The number of nitrogens with zero attached hydrogens (tertiary/aromatic N) is 3. The highest BCUT2D eigenvalue weighted by Gasteiger charge is 2.20. The molecular formula is C20H20FN3O2. The van der Waals surface area contributed by atoms with Crippen LogP contribution in [0, 0.1) is 5.82 Å². The second kappa shape index (κ2) is 6.37. The molecule has 0 unspecified atom stereocenters. The van der Waals surface area contributed by atoms with Crippen molar-refractivity contribution in [2.75, 3.05) is 36.0 Å². The van der Waals surface area contributed by atoms with E-state index in [1.54, 1.807) is 23.7 Å². The van der Waals surface area contributed by atoms with Crippen LogP contribution in [-0.4, -0.2) is 41.8 Å². The summed E-state index contributed by atoms with van der Waals surface area (Å²) in [6, 6.07) is 14.6. The molecule has 0 amide bonds. The first kappa shape index (κ1) is 16.4. The minimum absolute atomic E-state index is 0.187. The number of carboxylic acid groups (broad SMARTS) is 1. The number of carbonyl (C=O) groups is 1. The Morgan fingerprint density at radius 1 is 1.00 bits per heavy atom. The van der Waals surface area contributed by atoms with Gasteiger partial charge in [0.05, 0.1) is 5.69 Å². The van der Waals surface area contributed by atoms with Crippen molar-refractivity contribution >= 4 is 28.2 Å². The van der Waals surface area contributed by atoms with Crippen LogP contribution in [0.3, 0.4) is 0 Å². The monoisotopic (exact) mass is 353 g/mol. The summed E-state index contributed by atoms with van der Waals surface area (Å²) in [6.07, 6.45) is 0. The third kappa shape index (κ3) is 2.77. The molecule has 1 aromatic heterocycles. The molecular weight excluding hydrogens is 333 g/mol. The quantitative estimate of drug-likeness (QED) is 0.785. The molecule has 0 bridgehead atoms. The van der Waals surface area contributed by atoms with E-state index in [1.807, 2.05) is 30.3 Å². The predicted molar refractivity (Wildman–Crippen MR) is 101 cm³/mol. The molecule has 6 heteroatoms. The summed E-state index contributed by atoms with van der Waals surface area (Å²) < 4.78 is 15.7. The first-order chi connectivity index (χ1) is 12.5. The van der Waals surface area contributed by atoms with Gasteiger partial charge in [-0.05, 0) is 36.4 Å². The highest BCUT2D eigenvalue weighted by molar-refractivity contribution is 5.95. The number of benzene rings is 2.